The maximum atomic E-state index is 13.6. The van der Waals surface area contributed by atoms with Crippen LogP contribution in [0.15, 0.2) is 72.2 Å². The largest absolute Gasteiger partial charge is 0.279 e. The van der Waals surface area contributed by atoms with E-state index in [9.17, 15) is 4.79 Å². The molecule has 142 valence electrons. The van der Waals surface area contributed by atoms with Crippen LogP contribution >= 0.6 is 22.7 Å². The Morgan fingerprint density at radius 2 is 1.86 bits per heavy atom. The van der Waals surface area contributed by atoms with Crippen LogP contribution in [0.4, 0.5) is 5.13 Å². The van der Waals surface area contributed by atoms with Crippen LogP contribution in [0.2, 0.25) is 0 Å². The molecular weight excluding hydrogens is 398 g/mol. The second-order valence-electron chi connectivity index (χ2n) is 6.83. The lowest BCUT2D eigenvalue weighted by atomic mass is 10.1. The Bertz CT molecular complexity index is 1320. The van der Waals surface area contributed by atoms with Crippen molar-refractivity contribution in [1.29, 1.82) is 0 Å². The number of fused-ring (bicyclic) bond motifs is 2. The highest BCUT2D eigenvalue weighted by atomic mass is 32.1. The molecule has 6 heteroatoms. The first-order chi connectivity index (χ1) is 14.2. The third-order valence-corrected chi connectivity index (χ3v) is 6.68. The van der Waals surface area contributed by atoms with Crippen molar-refractivity contribution in [3.63, 3.8) is 0 Å². The molecule has 5 aromatic rings. The quantitative estimate of drug-likeness (QED) is 0.358. The van der Waals surface area contributed by atoms with Crippen molar-refractivity contribution in [3.8, 4) is 0 Å². The molecule has 0 saturated heterocycles. The van der Waals surface area contributed by atoms with Gasteiger partial charge < -0.3 is 0 Å². The zero-order valence-electron chi connectivity index (χ0n) is 15.7. The topological polar surface area (TPSA) is 46.1 Å². The molecule has 3 aromatic carbocycles. The minimum atomic E-state index is -0.0548. The maximum Gasteiger partial charge on any atom is 0.260 e. The Labute approximate surface area is 176 Å². The van der Waals surface area contributed by atoms with Crippen molar-refractivity contribution in [2.45, 2.75) is 13.5 Å². The molecule has 0 aliphatic carbocycles. The molecule has 0 N–H and O–H groups in total. The molecule has 0 unspecified atom stereocenters. The fourth-order valence-electron chi connectivity index (χ4n) is 3.33. The van der Waals surface area contributed by atoms with E-state index in [2.05, 4.69) is 11.1 Å². The number of thiazole rings is 2. The Morgan fingerprint density at radius 1 is 1.00 bits per heavy atom. The third-order valence-electron chi connectivity index (χ3n) is 4.85. The second-order valence-corrected chi connectivity index (χ2v) is 8.73. The molecule has 0 saturated carbocycles. The maximum absolute atomic E-state index is 13.6. The van der Waals surface area contributed by atoms with Crippen LogP contribution in [-0.2, 0) is 6.54 Å². The number of benzene rings is 3. The van der Waals surface area contributed by atoms with Gasteiger partial charge in [0.05, 0.1) is 32.5 Å². The number of rotatable bonds is 4. The van der Waals surface area contributed by atoms with Crippen LogP contribution in [0.5, 0.6) is 0 Å². The van der Waals surface area contributed by atoms with Crippen molar-refractivity contribution in [2.75, 3.05) is 4.90 Å². The van der Waals surface area contributed by atoms with Gasteiger partial charge in [-0.2, -0.15) is 0 Å². The minimum absolute atomic E-state index is 0.0548. The van der Waals surface area contributed by atoms with Crippen molar-refractivity contribution < 1.29 is 4.79 Å². The first kappa shape index (κ1) is 18.0. The zero-order chi connectivity index (χ0) is 19.8. The smallest absolute Gasteiger partial charge is 0.260 e. The highest BCUT2D eigenvalue weighted by Crippen LogP contribution is 2.32. The van der Waals surface area contributed by atoms with Gasteiger partial charge in [-0.25, -0.2) is 9.97 Å². The third kappa shape index (κ3) is 3.41. The number of hydrogen-bond donors (Lipinski definition) is 0. The summed E-state index contributed by atoms with van der Waals surface area (Å²) >= 11 is 3.09. The number of para-hydroxylation sites is 1. The van der Waals surface area contributed by atoms with E-state index in [1.165, 1.54) is 0 Å². The molecule has 0 bridgehead atoms. The Kier molecular flexibility index (Phi) is 4.58. The van der Waals surface area contributed by atoms with Crippen molar-refractivity contribution in [1.82, 2.24) is 9.97 Å². The summed E-state index contributed by atoms with van der Waals surface area (Å²) in [5.74, 6) is -0.0548. The Balaban J connectivity index is 1.60. The van der Waals surface area contributed by atoms with E-state index in [0.717, 1.165) is 31.6 Å². The number of aryl methyl sites for hydroxylation is 1. The average molecular weight is 416 g/mol. The lowest BCUT2D eigenvalue weighted by molar-refractivity contribution is 0.0985. The lowest BCUT2D eigenvalue weighted by Crippen LogP contribution is -2.30. The van der Waals surface area contributed by atoms with Crippen LogP contribution < -0.4 is 4.90 Å². The number of amides is 1. The van der Waals surface area contributed by atoms with Crippen molar-refractivity contribution >= 4 is 54.1 Å². The zero-order valence-corrected chi connectivity index (χ0v) is 17.3. The van der Waals surface area contributed by atoms with Gasteiger partial charge in [-0.3, -0.25) is 9.69 Å². The van der Waals surface area contributed by atoms with Gasteiger partial charge in [0.2, 0.25) is 0 Å². The summed E-state index contributed by atoms with van der Waals surface area (Å²) in [5.41, 5.74) is 6.50. The van der Waals surface area contributed by atoms with E-state index < -0.39 is 0 Å². The van der Waals surface area contributed by atoms with Gasteiger partial charge >= 0.3 is 0 Å². The summed E-state index contributed by atoms with van der Waals surface area (Å²) in [4.78, 5) is 24.5. The first-order valence-corrected chi connectivity index (χ1v) is 10.9. The molecular formula is C23H17N3OS2. The molecule has 0 spiro atoms. The molecule has 0 fully saturated rings. The molecule has 2 aromatic heterocycles. The van der Waals surface area contributed by atoms with Crippen LogP contribution in [0, 0.1) is 6.92 Å². The summed E-state index contributed by atoms with van der Waals surface area (Å²) in [6.45, 7) is 2.52. The summed E-state index contributed by atoms with van der Waals surface area (Å²) < 4.78 is 2.10. The fourth-order valence-corrected chi connectivity index (χ4v) is 5.08. The van der Waals surface area contributed by atoms with Gasteiger partial charge in [0.15, 0.2) is 5.13 Å². The monoisotopic (exact) mass is 415 g/mol. The molecule has 0 atom stereocenters. The van der Waals surface area contributed by atoms with Gasteiger partial charge in [0.1, 0.15) is 0 Å². The number of nitrogens with zero attached hydrogens (tertiary/aromatic N) is 3. The van der Waals surface area contributed by atoms with Crippen molar-refractivity contribution in [2.24, 2.45) is 0 Å². The highest BCUT2D eigenvalue weighted by molar-refractivity contribution is 7.22. The Morgan fingerprint density at radius 3 is 2.69 bits per heavy atom. The number of carbonyl (C=O) groups is 1. The molecule has 5 rings (SSSR count). The predicted molar refractivity (Wildman–Crippen MR) is 121 cm³/mol. The van der Waals surface area contributed by atoms with Crippen LogP contribution in [-0.4, -0.2) is 15.9 Å². The number of aromatic nitrogens is 2. The summed E-state index contributed by atoms with van der Waals surface area (Å²) in [6.07, 6.45) is 0. The predicted octanol–water partition coefficient (Wildman–Crippen LogP) is 6.06. The molecule has 29 heavy (non-hydrogen) atoms. The summed E-state index contributed by atoms with van der Waals surface area (Å²) in [5, 5.41) is 0.715. The SMILES string of the molecule is Cc1cccc2sc(N(Cc3ccccc3)C(=O)c3ccc4ncsc4c3)nc12. The van der Waals surface area contributed by atoms with E-state index in [0.29, 0.717) is 17.2 Å². The van der Waals surface area contributed by atoms with Gasteiger partial charge in [-0.05, 0) is 42.3 Å². The molecule has 2 heterocycles. The second kappa shape index (κ2) is 7.39. The lowest BCUT2D eigenvalue weighted by Gasteiger charge is -2.20. The van der Waals surface area contributed by atoms with Gasteiger partial charge in [0, 0.05) is 5.56 Å². The summed E-state index contributed by atoms with van der Waals surface area (Å²) in [6, 6.07) is 21.8. The van der Waals surface area contributed by atoms with Crippen LogP contribution in [0.3, 0.4) is 0 Å². The van der Waals surface area contributed by atoms with E-state index in [1.54, 1.807) is 33.1 Å². The van der Waals surface area contributed by atoms with Crippen LogP contribution in [0.25, 0.3) is 20.4 Å². The van der Waals surface area contributed by atoms with Gasteiger partial charge in [-0.15, -0.1) is 11.3 Å². The molecule has 1 amide bonds. The number of carbonyl (C=O) groups excluding carboxylic acids is 1. The molecule has 0 aliphatic heterocycles. The standard InChI is InChI=1S/C23H17N3OS2/c1-15-6-5-9-19-21(15)25-23(29-19)26(13-16-7-3-2-4-8-16)22(27)17-10-11-18-20(12-17)28-14-24-18/h2-12,14H,13H2,1H3. The van der Waals surface area contributed by atoms with E-state index >= 15 is 0 Å². The Hall–Kier alpha value is -3.09. The number of anilines is 1. The van der Waals surface area contributed by atoms with E-state index in [1.807, 2.05) is 67.6 Å². The average Bonchev–Trinajstić information content (AvgIpc) is 3.39. The first-order valence-electron chi connectivity index (χ1n) is 9.24. The van der Waals surface area contributed by atoms with E-state index in [4.69, 9.17) is 4.98 Å². The number of hydrogen-bond acceptors (Lipinski definition) is 5. The fraction of sp³-hybridized carbons (Fsp3) is 0.0870. The summed E-state index contributed by atoms with van der Waals surface area (Å²) in [7, 11) is 0. The van der Waals surface area contributed by atoms with Crippen LogP contribution in [0.1, 0.15) is 21.5 Å². The van der Waals surface area contributed by atoms with Crippen molar-refractivity contribution in [3.05, 3.63) is 88.9 Å². The normalized spacial score (nSPS) is 11.2. The van der Waals surface area contributed by atoms with Gasteiger partial charge in [0.25, 0.3) is 5.91 Å². The molecule has 0 aliphatic rings. The highest BCUT2D eigenvalue weighted by Gasteiger charge is 2.22. The van der Waals surface area contributed by atoms with E-state index in [-0.39, 0.29) is 5.91 Å². The van der Waals surface area contributed by atoms with Gasteiger partial charge in [-0.1, -0.05) is 53.8 Å². The minimum Gasteiger partial charge on any atom is -0.279 e. The molecule has 0 radical (unpaired) electrons. The molecule has 4 nitrogen and oxygen atoms in total.